The first-order valence-corrected chi connectivity index (χ1v) is 12.3. The van der Waals surface area contributed by atoms with Crippen molar-refractivity contribution in [2.75, 3.05) is 20.2 Å². The highest BCUT2D eigenvalue weighted by molar-refractivity contribution is 7.89. The molecule has 0 spiro atoms. The molecule has 0 radical (unpaired) electrons. The summed E-state index contributed by atoms with van der Waals surface area (Å²) in [5, 5.41) is 4.97. The lowest BCUT2D eigenvalue weighted by molar-refractivity contribution is -0.126. The summed E-state index contributed by atoms with van der Waals surface area (Å²) in [6.45, 7) is 2.62. The van der Waals surface area contributed by atoms with E-state index in [-0.39, 0.29) is 17.9 Å². The average Bonchev–Trinajstić information content (AvgIpc) is 2.83. The average molecular weight is 453 g/mol. The highest BCUT2D eigenvalue weighted by Gasteiger charge is 2.32. The minimum absolute atomic E-state index is 0.0314. The third-order valence-corrected chi connectivity index (χ3v) is 8.05. The normalized spacial score (nSPS) is 16.6. The van der Waals surface area contributed by atoms with E-state index in [0.29, 0.717) is 30.8 Å². The van der Waals surface area contributed by atoms with Gasteiger partial charge in [-0.05, 0) is 60.4 Å². The fraction of sp³-hybridized carbons (Fsp3) is 0.320. The van der Waals surface area contributed by atoms with Crippen molar-refractivity contribution in [1.82, 2.24) is 9.62 Å². The van der Waals surface area contributed by atoms with E-state index in [9.17, 15) is 13.2 Å². The fourth-order valence-corrected chi connectivity index (χ4v) is 5.65. The molecule has 32 heavy (non-hydrogen) atoms. The number of methoxy groups -OCH3 is 1. The van der Waals surface area contributed by atoms with Crippen molar-refractivity contribution in [1.29, 1.82) is 0 Å². The molecule has 0 aliphatic carbocycles. The third-order valence-electron chi connectivity index (χ3n) is 6.16. The highest BCUT2D eigenvalue weighted by Crippen LogP contribution is 2.27. The second-order valence-electron chi connectivity index (χ2n) is 8.19. The number of ether oxygens (including phenoxy) is 1. The van der Waals surface area contributed by atoms with E-state index in [2.05, 4.69) is 5.32 Å². The molecule has 1 amide bonds. The van der Waals surface area contributed by atoms with Crippen LogP contribution in [0.3, 0.4) is 0 Å². The lowest BCUT2D eigenvalue weighted by atomic mass is 9.96. The lowest BCUT2D eigenvalue weighted by Gasteiger charge is -2.31. The number of nitrogens with zero attached hydrogens (tertiary/aromatic N) is 1. The zero-order valence-corrected chi connectivity index (χ0v) is 19.1. The van der Waals surface area contributed by atoms with E-state index >= 15 is 0 Å². The van der Waals surface area contributed by atoms with E-state index in [0.717, 1.165) is 22.1 Å². The van der Waals surface area contributed by atoms with Crippen LogP contribution in [0.1, 0.15) is 31.4 Å². The summed E-state index contributed by atoms with van der Waals surface area (Å²) >= 11 is 0. The molecule has 0 aromatic heterocycles. The number of carbonyl (C=O) groups is 1. The van der Waals surface area contributed by atoms with Gasteiger partial charge in [0.2, 0.25) is 15.9 Å². The summed E-state index contributed by atoms with van der Waals surface area (Å²) in [4.78, 5) is 13.1. The molecule has 1 aliphatic heterocycles. The number of fused-ring (bicyclic) bond motifs is 1. The van der Waals surface area contributed by atoms with E-state index in [1.807, 2.05) is 61.5 Å². The molecule has 3 aromatic carbocycles. The lowest BCUT2D eigenvalue weighted by Crippen LogP contribution is -2.43. The molecule has 168 valence electrons. The van der Waals surface area contributed by atoms with Crippen LogP contribution in [0.2, 0.25) is 0 Å². The van der Waals surface area contributed by atoms with Crippen molar-refractivity contribution in [3.05, 3.63) is 72.3 Å². The van der Waals surface area contributed by atoms with Crippen molar-refractivity contribution in [2.45, 2.75) is 30.7 Å². The SMILES string of the molecule is COc1ccc([C@H](C)NC(=O)C2CCN(S(=O)(=O)c3ccc4ccccc4c3)CC2)cc1. The van der Waals surface area contributed by atoms with Crippen LogP contribution in [-0.2, 0) is 14.8 Å². The van der Waals surface area contributed by atoms with Crippen LogP contribution in [0.4, 0.5) is 0 Å². The minimum atomic E-state index is -3.59. The molecule has 0 saturated carbocycles. The highest BCUT2D eigenvalue weighted by atomic mass is 32.2. The first kappa shape index (κ1) is 22.3. The van der Waals surface area contributed by atoms with Crippen LogP contribution < -0.4 is 10.1 Å². The number of carbonyl (C=O) groups excluding carboxylic acids is 1. The predicted molar refractivity (Wildman–Crippen MR) is 125 cm³/mol. The molecule has 0 bridgehead atoms. The molecule has 1 N–H and O–H groups in total. The predicted octanol–water partition coefficient (Wildman–Crippen LogP) is 4.13. The summed E-state index contributed by atoms with van der Waals surface area (Å²) in [6, 6.07) is 20.4. The molecule has 1 aliphatic rings. The monoisotopic (exact) mass is 452 g/mol. The maximum Gasteiger partial charge on any atom is 0.243 e. The Morgan fingerprint density at radius 2 is 1.66 bits per heavy atom. The summed E-state index contributed by atoms with van der Waals surface area (Å²) in [5.74, 6) is 0.544. The van der Waals surface area contributed by atoms with E-state index in [4.69, 9.17) is 4.74 Å². The smallest absolute Gasteiger partial charge is 0.243 e. The van der Waals surface area contributed by atoms with Crippen molar-refractivity contribution >= 4 is 26.7 Å². The van der Waals surface area contributed by atoms with Crippen LogP contribution in [-0.4, -0.2) is 38.8 Å². The largest absolute Gasteiger partial charge is 0.497 e. The Kier molecular flexibility index (Phi) is 6.48. The molecular formula is C25H28N2O4S. The molecule has 1 fully saturated rings. The summed E-state index contributed by atoms with van der Waals surface area (Å²) < 4.78 is 32.9. The molecule has 6 nitrogen and oxygen atoms in total. The van der Waals surface area contributed by atoms with Gasteiger partial charge in [0.1, 0.15) is 5.75 Å². The Bertz CT molecular complexity index is 1200. The minimum Gasteiger partial charge on any atom is -0.497 e. The van der Waals surface area contributed by atoms with Gasteiger partial charge in [0.25, 0.3) is 0 Å². The Morgan fingerprint density at radius 1 is 1.00 bits per heavy atom. The number of piperidine rings is 1. The first-order chi connectivity index (χ1) is 15.4. The van der Waals surface area contributed by atoms with E-state index in [1.165, 1.54) is 4.31 Å². The molecule has 1 heterocycles. The van der Waals surface area contributed by atoms with Crippen LogP contribution in [0.25, 0.3) is 10.8 Å². The summed E-state index contributed by atoms with van der Waals surface area (Å²) in [7, 11) is -1.97. The Balaban J connectivity index is 1.37. The zero-order valence-electron chi connectivity index (χ0n) is 18.3. The van der Waals surface area contributed by atoms with Gasteiger partial charge in [-0.15, -0.1) is 0 Å². The Hall–Kier alpha value is -2.90. The number of nitrogens with one attached hydrogen (secondary N) is 1. The van der Waals surface area contributed by atoms with Gasteiger partial charge in [0, 0.05) is 19.0 Å². The van der Waals surface area contributed by atoms with Gasteiger partial charge >= 0.3 is 0 Å². The van der Waals surface area contributed by atoms with Gasteiger partial charge < -0.3 is 10.1 Å². The number of amides is 1. The van der Waals surface area contributed by atoms with Gasteiger partial charge in [-0.1, -0.05) is 42.5 Å². The molecule has 1 atom stereocenters. The van der Waals surface area contributed by atoms with Gasteiger partial charge in [0.15, 0.2) is 0 Å². The topological polar surface area (TPSA) is 75.7 Å². The number of benzene rings is 3. The van der Waals surface area contributed by atoms with Gasteiger partial charge in [-0.2, -0.15) is 4.31 Å². The van der Waals surface area contributed by atoms with Crippen molar-refractivity contribution in [3.8, 4) is 5.75 Å². The molecule has 1 saturated heterocycles. The zero-order chi connectivity index (χ0) is 22.7. The van der Waals surface area contributed by atoms with Crippen LogP contribution in [0, 0.1) is 5.92 Å². The fourth-order valence-electron chi connectivity index (χ4n) is 4.14. The number of hydrogen-bond donors (Lipinski definition) is 1. The standard InChI is InChI=1S/C25H28N2O4S/c1-18(19-7-10-23(31-2)11-8-19)26-25(28)21-13-15-27(16-14-21)32(29,30)24-12-9-20-5-3-4-6-22(20)17-24/h3-12,17-18,21H,13-16H2,1-2H3,(H,26,28)/t18-/m0/s1. The van der Waals surface area contributed by atoms with Crippen LogP contribution >= 0.6 is 0 Å². The Labute approximate surface area is 189 Å². The second-order valence-corrected chi connectivity index (χ2v) is 10.1. The molecule has 3 aromatic rings. The van der Waals surface area contributed by atoms with E-state index < -0.39 is 10.0 Å². The number of rotatable bonds is 6. The Morgan fingerprint density at radius 3 is 2.31 bits per heavy atom. The number of hydrogen-bond acceptors (Lipinski definition) is 4. The van der Waals surface area contributed by atoms with Crippen molar-refractivity contribution in [2.24, 2.45) is 5.92 Å². The molecular weight excluding hydrogens is 424 g/mol. The molecule has 0 unspecified atom stereocenters. The maximum absolute atomic E-state index is 13.1. The molecule has 7 heteroatoms. The maximum atomic E-state index is 13.1. The quantitative estimate of drug-likeness (QED) is 0.610. The van der Waals surface area contributed by atoms with E-state index in [1.54, 1.807) is 19.2 Å². The first-order valence-electron chi connectivity index (χ1n) is 10.8. The van der Waals surface area contributed by atoms with Crippen molar-refractivity contribution < 1.29 is 17.9 Å². The van der Waals surface area contributed by atoms with Crippen molar-refractivity contribution in [3.63, 3.8) is 0 Å². The van der Waals surface area contributed by atoms with Crippen LogP contribution in [0.15, 0.2) is 71.6 Å². The van der Waals surface area contributed by atoms with Gasteiger partial charge in [-0.3, -0.25) is 4.79 Å². The summed E-state index contributed by atoms with van der Waals surface area (Å²) in [5.41, 5.74) is 0.996. The molecule has 4 rings (SSSR count). The summed E-state index contributed by atoms with van der Waals surface area (Å²) in [6.07, 6.45) is 1.02. The van der Waals surface area contributed by atoms with Gasteiger partial charge in [-0.25, -0.2) is 8.42 Å². The van der Waals surface area contributed by atoms with Gasteiger partial charge in [0.05, 0.1) is 18.0 Å². The third kappa shape index (κ3) is 4.64. The second kappa shape index (κ2) is 9.30. The van der Waals surface area contributed by atoms with Crippen LogP contribution in [0.5, 0.6) is 5.75 Å². The number of sulfonamides is 1.